The van der Waals surface area contributed by atoms with Crippen molar-refractivity contribution in [2.75, 3.05) is 18.8 Å². The Morgan fingerprint density at radius 1 is 1.17 bits per heavy atom. The molecule has 0 saturated carbocycles. The Hall–Kier alpha value is -4.46. The number of rotatable bonds is 5. The van der Waals surface area contributed by atoms with Crippen LogP contribution < -0.4 is 10.5 Å². The van der Waals surface area contributed by atoms with Gasteiger partial charge >= 0.3 is 0 Å². The lowest BCUT2D eigenvalue weighted by Gasteiger charge is -2.26. The standard InChI is InChI=1S/C27H26N6O2/c1-4-22(34)33-14-12-19(13-15-33)25-23(24-26(28)29-16-30-27(24)32(25)3)18-8-10-20(11-9-18)35-21-7-5-6-17(2)31-21/h4-12,16H,1,13-15H2,2-3H3,(H2,28,29,30). The molecule has 0 atom stereocenters. The van der Waals surface area contributed by atoms with E-state index in [0.29, 0.717) is 37.0 Å². The molecule has 4 heterocycles. The van der Waals surface area contributed by atoms with Crippen molar-refractivity contribution < 1.29 is 9.53 Å². The first-order valence-electron chi connectivity index (χ1n) is 11.4. The molecule has 0 bridgehead atoms. The summed E-state index contributed by atoms with van der Waals surface area (Å²) in [6, 6.07) is 13.5. The lowest BCUT2D eigenvalue weighted by molar-refractivity contribution is -0.125. The van der Waals surface area contributed by atoms with Crippen LogP contribution in [0.4, 0.5) is 5.82 Å². The first-order valence-corrected chi connectivity index (χ1v) is 11.4. The van der Waals surface area contributed by atoms with Gasteiger partial charge in [-0.05, 0) is 48.8 Å². The number of fused-ring (bicyclic) bond motifs is 1. The minimum absolute atomic E-state index is 0.0636. The summed E-state index contributed by atoms with van der Waals surface area (Å²) in [5, 5.41) is 0.810. The first kappa shape index (κ1) is 22.3. The third-order valence-corrected chi connectivity index (χ3v) is 6.22. The Morgan fingerprint density at radius 3 is 2.66 bits per heavy atom. The van der Waals surface area contributed by atoms with Crippen LogP contribution in [-0.4, -0.2) is 43.4 Å². The van der Waals surface area contributed by atoms with Crippen molar-refractivity contribution in [2.45, 2.75) is 13.3 Å². The molecular formula is C27H26N6O2. The van der Waals surface area contributed by atoms with Crippen LogP contribution >= 0.6 is 0 Å². The number of carbonyl (C=O) groups is 1. The average molecular weight is 467 g/mol. The number of nitrogens with zero attached hydrogens (tertiary/aromatic N) is 5. The van der Waals surface area contributed by atoms with Crippen LogP contribution in [0.2, 0.25) is 0 Å². The van der Waals surface area contributed by atoms with Crippen molar-refractivity contribution in [3.8, 4) is 22.8 Å². The minimum atomic E-state index is -0.0636. The van der Waals surface area contributed by atoms with Crippen molar-refractivity contribution in [2.24, 2.45) is 7.05 Å². The zero-order valence-corrected chi connectivity index (χ0v) is 19.7. The molecule has 1 amide bonds. The maximum absolute atomic E-state index is 12.1. The van der Waals surface area contributed by atoms with Crippen LogP contribution in [-0.2, 0) is 11.8 Å². The fourth-order valence-electron chi connectivity index (χ4n) is 4.53. The van der Waals surface area contributed by atoms with Gasteiger partial charge in [-0.1, -0.05) is 30.9 Å². The van der Waals surface area contributed by atoms with Crippen LogP contribution in [0.3, 0.4) is 0 Å². The summed E-state index contributed by atoms with van der Waals surface area (Å²) in [5.74, 6) is 1.60. The predicted octanol–water partition coefficient (Wildman–Crippen LogP) is 4.51. The van der Waals surface area contributed by atoms with Gasteiger partial charge in [-0.25, -0.2) is 15.0 Å². The summed E-state index contributed by atoms with van der Waals surface area (Å²) < 4.78 is 7.99. The largest absolute Gasteiger partial charge is 0.439 e. The van der Waals surface area contributed by atoms with Gasteiger partial charge in [0, 0.05) is 37.5 Å². The zero-order chi connectivity index (χ0) is 24.5. The topological polar surface area (TPSA) is 99.2 Å². The number of benzene rings is 1. The van der Waals surface area contributed by atoms with Crippen molar-refractivity contribution >= 4 is 28.3 Å². The van der Waals surface area contributed by atoms with Crippen LogP contribution in [0, 0.1) is 6.92 Å². The van der Waals surface area contributed by atoms with E-state index in [-0.39, 0.29) is 5.91 Å². The number of aromatic nitrogens is 4. The molecule has 2 N–H and O–H groups in total. The van der Waals surface area contributed by atoms with E-state index in [1.807, 2.05) is 56.4 Å². The monoisotopic (exact) mass is 466 g/mol. The van der Waals surface area contributed by atoms with Gasteiger partial charge in [0.15, 0.2) is 0 Å². The number of hydrogen-bond donors (Lipinski definition) is 1. The molecule has 0 unspecified atom stereocenters. The lowest BCUT2D eigenvalue weighted by Crippen LogP contribution is -2.33. The third kappa shape index (κ3) is 4.14. The van der Waals surface area contributed by atoms with Gasteiger partial charge in [-0.15, -0.1) is 0 Å². The van der Waals surface area contributed by atoms with E-state index in [2.05, 4.69) is 32.2 Å². The lowest BCUT2D eigenvalue weighted by atomic mass is 9.95. The maximum atomic E-state index is 12.1. The fourth-order valence-corrected chi connectivity index (χ4v) is 4.53. The number of nitrogen functional groups attached to an aromatic ring is 1. The van der Waals surface area contributed by atoms with Crippen molar-refractivity contribution in [1.82, 2.24) is 24.4 Å². The molecule has 1 aromatic carbocycles. The highest BCUT2D eigenvalue weighted by Crippen LogP contribution is 2.41. The van der Waals surface area contributed by atoms with Gasteiger partial charge in [0.2, 0.25) is 11.8 Å². The van der Waals surface area contributed by atoms with E-state index < -0.39 is 0 Å². The number of anilines is 1. The Kier molecular flexibility index (Phi) is 5.78. The van der Waals surface area contributed by atoms with Gasteiger partial charge in [0.25, 0.3) is 0 Å². The highest BCUT2D eigenvalue weighted by molar-refractivity contribution is 6.06. The summed E-state index contributed by atoms with van der Waals surface area (Å²) in [7, 11) is 1.98. The number of pyridine rings is 1. The van der Waals surface area contributed by atoms with Crippen LogP contribution in [0.1, 0.15) is 17.8 Å². The SMILES string of the molecule is C=CC(=O)N1CC=C(c2c(-c3ccc(Oc4cccc(C)n4)cc3)c3c(N)ncnc3n2C)CC1. The molecular weight excluding hydrogens is 440 g/mol. The van der Waals surface area contributed by atoms with E-state index in [0.717, 1.165) is 39.1 Å². The van der Waals surface area contributed by atoms with Gasteiger partial charge in [-0.3, -0.25) is 4.79 Å². The van der Waals surface area contributed by atoms with Crippen LogP contribution in [0.25, 0.3) is 27.7 Å². The molecule has 8 heteroatoms. The molecule has 3 aromatic heterocycles. The molecule has 35 heavy (non-hydrogen) atoms. The molecule has 4 aromatic rings. The molecule has 0 saturated heterocycles. The molecule has 0 radical (unpaired) electrons. The first-order chi connectivity index (χ1) is 17.0. The molecule has 5 rings (SSSR count). The van der Waals surface area contributed by atoms with E-state index in [4.69, 9.17) is 10.5 Å². The summed E-state index contributed by atoms with van der Waals surface area (Å²) in [6.45, 7) is 6.67. The van der Waals surface area contributed by atoms with Crippen molar-refractivity contribution in [3.63, 3.8) is 0 Å². The number of hydrogen-bond acceptors (Lipinski definition) is 6. The smallest absolute Gasteiger partial charge is 0.246 e. The Balaban J connectivity index is 1.57. The second-order valence-corrected chi connectivity index (χ2v) is 8.45. The number of amides is 1. The molecule has 8 nitrogen and oxygen atoms in total. The Bertz CT molecular complexity index is 1470. The van der Waals surface area contributed by atoms with E-state index in [1.165, 1.54) is 12.4 Å². The van der Waals surface area contributed by atoms with E-state index in [9.17, 15) is 4.79 Å². The van der Waals surface area contributed by atoms with Crippen molar-refractivity contribution in [1.29, 1.82) is 0 Å². The minimum Gasteiger partial charge on any atom is -0.439 e. The number of aryl methyl sites for hydroxylation is 2. The highest BCUT2D eigenvalue weighted by atomic mass is 16.5. The molecule has 0 aliphatic carbocycles. The van der Waals surface area contributed by atoms with Crippen LogP contribution in [0.15, 0.2) is 67.5 Å². The predicted molar refractivity (Wildman–Crippen MR) is 137 cm³/mol. The van der Waals surface area contributed by atoms with E-state index in [1.54, 1.807) is 4.90 Å². The molecule has 1 aliphatic rings. The van der Waals surface area contributed by atoms with Gasteiger partial charge < -0.3 is 19.9 Å². The summed E-state index contributed by atoms with van der Waals surface area (Å²) >= 11 is 0. The summed E-state index contributed by atoms with van der Waals surface area (Å²) in [4.78, 5) is 27.0. The average Bonchev–Trinajstić information content (AvgIpc) is 3.17. The summed E-state index contributed by atoms with van der Waals surface area (Å²) in [5.41, 5.74) is 12.1. The maximum Gasteiger partial charge on any atom is 0.246 e. The van der Waals surface area contributed by atoms with E-state index >= 15 is 0 Å². The number of nitrogens with two attached hydrogens (primary N) is 1. The Labute approximate surface area is 203 Å². The fraction of sp³-hybridized carbons (Fsp3) is 0.185. The number of ether oxygens (including phenoxy) is 1. The highest BCUT2D eigenvalue weighted by Gasteiger charge is 2.25. The van der Waals surface area contributed by atoms with Crippen LogP contribution in [0.5, 0.6) is 11.6 Å². The van der Waals surface area contributed by atoms with Gasteiger partial charge in [-0.2, -0.15) is 0 Å². The Morgan fingerprint density at radius 2 is 1.97 bits per heavy atom. The zero-order valence-electron chi connectivity index (χ0n) is 19.7. The molecule has 0 spiro atoms. The molecule has 176 valence electrons. The number of carbonyl (C=O) groups excluding carboxylic acids is 1. The summed E-state index contributed by atoms with van der Waals surface area (Å²) in [6.07, 6.45) is 5.64. The van der Waals surface area contributed by atoms with Gasteiger partial charge in [0.05, 0.1) is 11.1 Å². The molecule has 0 fully saturated rings. The molecule has 1 aliphatic heterocycles. The second-order valence-electron chi connectivity index (χ2n) is 8.45. The normalized spacial score (nSPS) is 13.5. The second kappa shape index (κ2) is 9.06. The van der Waals surface area contributed by atoms with Gasteiger partial charge in [0.1, 0.15) is 23.5 Å². The van der Waals surface area contributed by atoms with Crippen molar-refractivity contribution in [3.05, 3.63) is 78.9 Å². The quantitative estimate of drug-likeness (QED) is 0.434. The third-order valence-electron chi connectivity index (χ3n) is 6.22.